The summed E-state index contributed by atoms with van der Waals surface area (Å²) in [6, 6.07) is 2.86. The molecule has 2 heterocycles. The van der Waals surface area contributed by atoms with Gasteiger partial charge in [0, 0.05) is 17.8 Å². The van der Waals surface area contributed by atoms with Crippen molar-refractivity contribution < 1.29 is 18.0 Å². The lowest BCUT2D eigenvalue weighted by molar-refractivity contribution is -0.140. The van der Waals surface area contributed by atoms with E-state index in [0.717, 1.165) is 24.5 Å². The number of rotatable bonds is 3. The Morgan fingerprint density at radius 1 is 1.43 bits per heavy atom. The van der Waals surface area contributed by atoms with Crippen LogP contribution < -0.4 is 5.32 Å². The third-order valence-electron chi connectivity index (χ3n) is 3.34. The van der Waals surface area contributed by atoms with Crippen LogP contribution in [-0.2, 0) is 17.5 Å². The number of amides is 1. The van der Waals surface area contributed by atoms with E-state index in [0.29, 0.717) is 5.56 Å². The Hall–Kier alpha value is -2.05. The molecule has 0 saturated heterocycles. The molecule has 21 heavy (non-hydrogen) atoms. The predicted octanol–water partition coefficient (Wildman–Crippen LogP) is 2.59. The summed E-state index contributed by atoms with van der Waals surface area (Å²) in [7, 11) is 0. The molecule has 4 nitrogen and oxygen atoms in total. The van der Waals surface area contributed by atoms with Crippen LogP contribution in [0.15, 0.2) is 18.3 Å². The Balaban J connectivity index is 1.93. The first-order valence-electron chi connectivity index (χ1n) is 6.67. The highest BCUT2D eigenvalue weighted by atomic mass is 19.4. The van der Waals surface area contributed by atoms with Crippen molar-refractivity contribution in [1.29, 1.82) is 0 Å². The molecule has 1 saturated carbocycles. The Morgan fingerprint density at radius 3 is 2.76 bits per heavy atom. The summed E-state index contributed by atoms with van der Waals surface area (Å²) >= 11 is 0. The minimum absolute atomic E-state index is 0.0248. The molecule has 1 fully saturated rings. The number of aromatic nitrogens is 2. The maximum absolute atomic E-state index is 12.8. The zero-order valence-electron chi connectivity index (χ0n) is 11.4. The van der Waals surface area contributed by atoms with Crippen LogP contribution in [0.4, 0.5) is 13.2 Å². The fourth-order valence-corrected chi connectivity index (χ4v) is 2.27. The lowest BCUT2D eigenvalue weighted by atomic mass is 10.2. The summed E-state index contributed by atoms with van der Waals surface area (Å²) in [5, 5.41) is 2.81. The SMILES string of the molecule is Cc1cc2cc(C(F)(F)F)nc-2n(CC(=O)NC2CC2)c1. The van der Waals surface area contributed by atoms with E-state index in [9.17, 15) is 18.0 Å². The second-order valence-corrected chi connectivity index (χ2v) is 5.41. The largest absolute Gasteiger partial charge is 0.433 e. The van der Waals surface area contributed by atoms with Gasteiger partial charge in [-0.2, -0.15) is 13.2 Å². The highest BCUT2D eigenvalue weighted by Gasteiger charge is 2.35. The second kappa shape index (κ2) is 4.75. The van der Waals surface area contributed by atoms with Crippen LogP contribution in [0.1, 0.15) is 24.1 Å². The van der Waals surface area contributed by atoms with E-state index in [1.807, 2.05) is 0 Å². The van der Waals surface area contributed by atoms with E-state index in [1.54, 1.807) is 19.2 Å². The molecule has 3 aliphatic rings. The summed E-state index contributed by atoms with van der Waals surface area (Å²) in [6.07, 6.45) is -0.915. The van der Waals surface area contributed by atoms with Gasteiger partial charge in [-0.25, -0.2) is 4.98 Å². The first-order chi connectivity index (χ1) is 9.83. The molecule has 0 bridgehead atoms. The van der Waals surface area contributed by atoms with E-state index in [-0.39, 0.29) is 24.3 Å². The Morgan fingerprint density at radius 2 is 2.14 bits per heavy atom. The van der Waals surface area contributed by atoms with Gasteiger partial charge in [0.25, 0.3) is 0 Å². The van der Waals surface area contributed by atoms with E-state index >= 15 is 0 Å². The molecule has 7 heteroatoms. The molecule has 1 N–H and O–H groups in total. The second-order valence-electron chi connectivity index (χ2n) is 5.41. The molecular weight excluding hydrogens is 283 g/mol. The smallest absolute Gasteiger partial charge is 0.352 e. The van der Waals surface area contributed by atoms with Crippen LogP contribution in [0.25, 0.3) is 11.4 Å². The molecule has 0 spiro atoms. The molecule has 0 unspecified atom stereocenters. The Bertz CT molecular complexity index is 658. The van der Waals surface area contributed by atoms with Crippen LogP contribution >= 0.6 is 0 Å². The molecule has 0 aromatic rings. The van der Waals surface area contributed by atoms with Gasteiger partial charge < -0.3 is 9.88 Å². The zero-order valence-corrected chi connectivity index (χ0v) is 11.4. The normalized spacial score (nSPS) is 15.4. The van der Waals surface area contributed by atoms with Crippen molar-refractivity contribution in [1.82, 2.24) is 14.9 Å². The molecular formula is C14H14F3N3O. The van der Waals surface area contributed by atoms with Crippen molar-refractivity contribution in [2.75, 3.05) is 0 Å². The fraction of sp³-hybridized carbons (Fsp3) is 0.429. The quantitative estimate of drug-likeness (QED) is 0.946. The fourth-order valence-electron chi connectivity index (χ4n) is 2.27. The van der Waals surface area contributed by atoms with Gasteiger partial charge in [0.1, 0.15) is 18.1 Å². The molecule has 0 radical (unpaired) electrons. The summed E-state index contributed by atoms with van der Waals surface area (Å²) in [5.74, 6) is -0.0233. The van der Waals surface area contributed by atoms with Gasteiger partial charge in [0.2, 0.25) is 5.91 Å². The van der Waals surface area contributed by atoms with Gasteiger partial charge in [-0.1, -0.05) is 0 Å². The minimum atomic E-state index is -4.49. The summed E-state index contributed by atoms with van der Waals surface area (Å²) < 4.78 is 39.7. The van der Waals surface area contributed by atoms with Crippen molar-refractivity contribution in [2.45, 2.75) is 38.5 Å². The van der Waals surface area contributed by atoms with Crippen molar-refractivity contribution in [3.8, 4) is 11.4 Å². The molecule has 1 amide bonds. The van der Waals surface area contributed by atoms with E-state index in [2.05, 4.69) is 10.3 Å². The van der Waals surface area contributed by atoms with Crippen LogP contribution in [-0.4, -0.2) is 21.5 Å². The topological polar surface area (TPSA) is 46.9 Å². The molecule has 2 aliphatic heterocycles. The maximum Gasteiger partial charge on any atom is 0.433 e. The summed E-state index contributed by atoms with van der Waals surface area (Å²) in [4.78, 5) is 15.5. The number of alkyl halides is 3. The van der Waals surface area contributed by atoms with Crippen molar-refractivity contribution in [2.24, 2.45) is 0 Å². The average molecular weight is 297 g/mol. The highest BCUT2D eigenvalue weighted by molar-refractivity contribution is 5.77. The summed E-state index contributed by atoms with van der Waals surface area (Å²) in [5.41, 5.74) is 0.240. The Labute approximate surface area is 119 Å². The number of fused-ring (bicyclic) bond motifs is 1. The molecule has 0 aromatic carbocycles. The predicted molar refractivity (Wildman–Crippen MR) is 69.8 cm³/mol. The zero-order chi connectivity index (χ0) is 15.2. The monoisotopic (exact) mass is 297 g/mol. The van der Waals surface area contributed by atoms with Crippen LogP contribution in [0.5, 0.6) is 0 Å². The van der Waals surface area contributed by atoms with E-state index < -0.39 is 11.9 Å². The van der Waals surface area contributed by atoms with Gasteiger partial charge in [-0.3, -0.25) is 4.79 Å². The lowest BCUT2D eigenvalue weighted by Gasteiger charge is -2.12. The maximum atomic E-state index is 12.8. The molecule has 0 aromatic heterocycles. The van der Waals surface area contributed by atoms with Gasteiger partial charge in [-0.15, -0.1) is 0 Å². The molecule has 112 valence electrons. The van der Waals surface area contributed by atoms with Gasteiger partial charge in [0.05, 0.1) is 0 Å². The number of pyridine rings is 1. The van der Waals surface area contributed by atoms with Crippen LogP contribution in [0.2, 0.25) is 0 Å². The third kappa shape index (κ3) is 3.01. The van der Waals surface area contributed by atoms with E-state index in [1.165, 1.54) is 4.57 Å². The number of nitrogens with one attached hydrogen (secondary N) is 1. The molecule has 0 atom stereocenters. The highest BCUT2D eigenvalue weighted by Crippen LogP contribution is 2.34. The first kappa shape index (κ1) is 13.9. The number of aryl methyl sites for hydroxylation is 1. The summed E-state index contributed by atoms with van der Waals surface area (Å²) in [6.45, 7) is 1.75. The molecule has 3 rings (SSSR count). The lowest BCUT2D eigenvalue weighted by Crippen LogP contribution is -2.29. The third-order valence-corrected chi connectivity index (χ3v) is 3.34. The number of hydrogen-bond donors (Lipinski definition) is 1. The number of carbonyl (C=O) groups excluding carboxylic acids is 1. The van der Waals surface area contributed by atoms with Crippen LogP contribution in [0.3, 0.4) is 0 Å². The van der Waals surface area contributed by atoms with Crippen LogP contribution in [0, 0.1) is 6.92 Å². The van der Waals surface area contributed by atoms with E-state index in [4.69, 9.17) is 0 Å². The Kier molecular flexibility index (Phi) is 3.15. The number of carbonyl (C=O) groups is 1. The van der Waals surface area contributed by atoms with Gasteiger partial charge in [-0.05, 0) is 37.5 Å². The molecule has 1 aliphatic carbocycles. The number of nitrogens with zero attached hydrogens (tertiary/aromatic N) is 2. The van der Waals surface area contributed by atoms with Crippen molar-refractivity contribution >= 4 is 5.91 Å². The standard InChI is InChI=1S/C14H14F3N3O/c1-8-4-9-5-11(14(15,16)17)19-13(9)20(6-8)7-12(21)18-10-2-3-10/h4-6,10H,2-3,7H2,1H3,(H,18,21). The van der Waals surface area contributed by atoms with Crippen molar-refractivity contribution in [3.05, 3.63) is 29.6 Å². The van der Waals surface area contributed by atoms with Gasteiger partial charge in [0.15, 0.2) is 0 Å². The first-order valence-corrected chi connectivity index (χ1v) is 6.67. The number of halogens is 3. The number of hydrogen-bond acceptors (Lipinski definition) is 2. The van der Waals surface area contributed by atoms with Gasteiger partial charge >= 0.3 is 6.18 Å². The van der Waals surface area contributed by atoms with Crippen molar-refractivity contribution in [3.63, 3.8) is 0 Å². The minimum Gasteiger partial charge on any atom is -0.352 e. The average Bonchev–Trinajstić information content (AvgIpc) is 3.03.